The maximum atomic E-state index is 14.0. The van der Waals surface area contributed by atoms with Crippen LogP contribution in [0.15, 0.2) is 24.3 Å². The molecule has 0 spiro atoms. The zero-order valence-electron chi connectivity index (χ0n) is 11.3. The van der Waals surface area contributed by atoms with E-state index in [-0.39, 0.29) is 5.56 Å². The SMILES string of the molecule is CCNC(c1ccc(CC)s1)c1ccc(F)c(F)c1F. The summed E-state index contributed by atoms with van der Waals surface area (Å²) in [7, 11) is 0. The number of hydrogen-bond donors (Lipinski definition) is 1. The Bertz CT molecular complexity index is 595. The Morgan fingerprint density at radius 2 is 1.80 bits per heavy atom. The lowest BCUT2D eigenvalue weighted by Gasteiger charge is -2.18. The number of nitrogens with one attached hydrogen (secondary N) is 1. The second-order valence-electron chi connectivity index (χ2n) is 4.41. The lowest BCUT2D eigenvalue weighted by atomic mass is 10.0. The third-order valence-electron chi connectivity index (χ3n) is 3.10. The van der Waals surface area contributed by atoms with Crippen LogP contribution in [0.1, 0.15) is 35.2 Å². The maximum absolute atomic E-state index is 14.0. The van der Waals surface area contributed by atoms with Gasteiger partial charge >= 0.3 is 0 Å². The Morgan fingerprint density at radius 1 is 1.05 bits per heavy atom. The van der Waals surface area contributed by atoms with E-state index in [4.69, 9.17) is 0 Å². The molecule has 0 amide bonds. The zero-order valence-corrected chi connectivity index (χ0v) is 12.2. The maximum Gasteiger partial charge on any atom is 0.194 e. The highest BCUT2D eigenvalue weighted by atomic mass is 32.1. The summed E-state index contributed by atoms with van der Waals surface area (Å²) in [6, 6.07) is 5.68. The van der Waals surface area contributed by atoms with Crippen molar-refractivity contribution in [3.63, 3.8) is 0 Å². The zero-order chi connectivity index (χ0) is 14.7. The van der Waals surface area contributed by atoms with Crippen LogP contribution in [-0.4, -0.2) is 6.54 Å². The third kappa shape index (κ3) is 2.88. The molecule has 2 aromatic rings. The quantitative estimate of drug-likeness (QED) is 0.806. The van der Waals surface area contributed by atoms with Crippen molar-refractivity contribution in [1.29, 1.82) is 0 Å². The Morgan fingerprint density at radius 3 is 2.40 bits per heavy atom. The number of aryl methyl sites for hydroxylation is 1. The second kappa shape index (κ2) is 6.41. The molecule has 1 N–H and O–H groups in total. The van der Waals surface area contributed by atoms with Crippen LogP contribution < -0.4 is 5.32 Å². The van der Waals surface area contributed by atoms with Gasteiger partial charge in [0.05, 0.1) is 6.04 Å². The first-order chi connectivity index (χ1) is 9.58. The predicted molar refractivity (Wildman–Crippen MR) is 75.5 cm³/mol. The van der Waals surface area contributed by atoms with E-state index in [1.54, 1.807) is 11.3 Å². The first-order valence-corrected chi connectivity index (χ1v) is 7.35. The summed E-state index contributed by atoms with van der Waals surface area (Å²) in [4.78, 5) is 2.07. The van der Waals surface area contributed by atoms with E-state index in [0.717, 1.165) is 17.4 Å². The number of halogens is 3. The van der Waals surface area contributed by atoms with Crippen molar-refractivity contribution in [2.75, 3.05) is 6.54 Å². The molecule has 1 atom stereocenters. The normalized spacial score (nSPS) is 12.7. The molecule has 0 saturated carbocycles. The highest BCUT2D eigenvalue weighted by Crippen LogP contribution is 2.31. The van der Waals surface area contributed by atoms with Crippen LogP contribution >= 0.6 is 11.3 Å². The van der Waals surface area contributed by atoms with Crippen molar-refractivity contribution in [2.24, 2.45) is 0 Å². The summed E-state index contributed by atoms with van der Waals surface area (Å²) in [5.41, 5.74) is 0.134. The number of hydrogen-bond acceptors (Lipinski definition) is 2. The number of rotatable bonds is 5. The van der Waals surface area contributed by atoms with Gasteiger partial charge in [-0.05, 0) is 31.2 Å². The van der Waals surface area contributed by atoms with Crippen molar-refractivity contribution in [3.8, 4) is 0 Å². The van der Waals surface area contributed by atoms with Gasteiger partial charge in [-0.25, -0.2) is 13.2 Å². The van der Waals surface area contributed by atoms with Crippen molar-refractivity contribution in [2.45, 2.75) is 26.3 Å². The molecule has 0 bridgehead atoms. The van der Waals surface area contributed by atoms with Crippen molar-refractivity contribution in [3.05, 3.63) is 57.0 Å². The monoisotopic (exact) mass is 299 g/mol. The van der Waals surface area contributed by atoms with E-state index in [1.165, 1.54) is 10.9 Å². The van der Waals surface area contributed by atoms with Gasteiger partial charge < -0.3 is 5.32 Å². The summed E-state index contributed by atoms with van der Waals surface area (Å²) < 4.78 is 40.4. The van der Waals surface area contributed by atoms with Crippen molar-refractivity contribution in [1.82, 2.24) is 5.32 Å². The largest absolute Gasteiger partial charge is 0.306 e. The summed E-state index contributed by atoms with van der Waals surface area (Å²) in [5, 5.41) is 3.12. The standard InChI is InChI=1S/C15H16F3NS/c1-3-9-5-8-12(20-9)15(19-4-2)10-6-7-11(16)14(18)13(10)17/h5-8,15,19H,3-4H2,1-2H3. The first kappa shape index (κ1) is 15.1. The van der Waals surface area contributed by atoms with E-state index in [0.29, 0.717) is 6.54 Å². The summed E-state index contributed by atoms with van der Waals surface area (Å²) >= 11 is 1.55. The van der Waals surface area contributed by atoms with E-state index >= 15 is 0 Å². The fourth-order valence-corrected chi connectivity index (χ4v) is 3.12. The van der Waals surface area contributed by atoms with Gasteiger partial charge in [0.25, 0.3) is 0 Å². The van der Waals surface area contributed by atoms with Gasteiger partial charge in [0, 0.05) is 15.3 Å². The Hall–Kier alpha value is -1.33. The molecule has 0 aliphatic carbocycles. The molecule has 1 nitrogen and oxygen atoms in total. The molecule has 0 aliphatic heterocycles. The van der Waals surface area contributed by atoms with Crippen LogP contribution in [0.5, 0.6) is 0 Å². The average Bonchev–Trinajstić information content (AvgIpc) is 2.92. The molecule has 1 aromatic carbocycles. The van der Waals surface area contributed by atoms with Crippen LogP contribution in [0.25, 0.3) is 0 Å². The van der Waals surface area contributed by atoms with Gasteiger partial charge in [-0.2, -0.15) is 0 Å². The average molecular weight is 299 g/mol. The minimum Gasteiger partial charge on any atom is -0.306 e. The van der Waals surface area contributed by atoms with Gasteiger partial charge in [0.15, 0.2) is 17.5 Å². The highest BCUT2D eigenvalue weighted by molar-refractivity contribution is 7.12. The molecule has 0 aliphatic rings. The van der Waals surface area contributed by atoms with Crippen LogP contribution in [0, 0.1) is 17.5 Å². The van der Waals surface area contributed by atoms with Gasteiger partial charge in [0.2, 0.25) is 0 Å². The summed E-state index contributed by atoms with van der Waals surface area (Å²) in [6.45, 7) is 4.53. The fraction of sp³-hybridized carbons (Fsp3) is 0.333. The van der Waals surface area contributed by atoms with Crippen LogP contribution in [0.4, 0.5) is 13.2 Å². The lowest BCUT2D eigenvalue weighted by Crippen LogP contribution is -2.22. The molecular weight excluding hydrogens is 283 g/mol. The van der Waals surface area contributed by atoms with Gasteiger partial charge in [0.1, 0.15) is 0 Å². The number of thiophene rings is 1. The van der Waals surface area contributed by atoms with E-state index in [2.05, 4.69) is 5.32 Å². The Balaban J connectivity index is 2.45. The molecule has 2 rings (SSSR count). The van der Waals surface area contributed by atoms with E-state index in [1.807, 2.05) is 26.0 Å². The van der Waals surface area contributed by atoms with Gasteiger partial charge in [-0.1, -0.05) is 19.9 Å². The summed E-state index contributed by atoms with van der Waals surface area (Å²) in [5.74, 6) is -3.71. The van der Waals surface area contributed by atoms with E-state index in [9.17, 15) is 13.2 Å². The van der Waals surface area contributed by atoms with Crippen LogP contribution in [0.2, 0.25) is 0 Å². The molecule has 0 radical (unpaired) electrons. The molecule has 1 unspecified atom stereocenters. The molecule has 1 heterocycles. The van der Waals surface area contributed by atoms with Gasteiger partial charge in [-0.15, -0.1) is 11.3 Å². The highest BCUT2D eigenvalue weighted by Gasteiger charge is 2.22. The molecule has 5 heteroatoms. The minimum absolute atomic E-state index is 0.134. The topological polar surface area (TPSA) is 12.0 Å². The number of benzene rings is 1. The molecular formula is C15H16F3NS. The molecule has 108 valence electrons. The molecule has 20 heavy (non-hydrogen) atoms. The predicted octanol–water partition coefficient (Wildman–Crippen LogP) is 4.43. The third-order valence-corrected chi connectivity index (χ3v) is 4.39. The van der Waals surface area contributed by atoms with Crippen LogP contribution in [-0.2, 0) is 6.42 Å². The smallest absolute Gasteiger partial charge is 0.194 e. The lowest BCUT2D eigenvalue weighted by molar-refractivity contribution is 0.434. The molecule has 0 saturated heterocycles. The Labute approximate surface area is 120 Å². The fourth-order valence-electron chi connectivity index (χ4n) is 2.07. The Kier molecular flexibility index (Phi) is 4.83. The van der Waals surface area contributed by atoms with Crippen molar-refractivity contribution < 1.29 is 13.2 Å². The van der Waals surface area contributed by atoms with E-state index < -0.39 is 23.5 Å². The molecule has 1 aromatic heterocycles. The minimum atomic E-state index is -1.42. The van der Waals surface area contributed by atoms with Crippen molar-refractivity contribution >= 4 is 11.3 Å². The first-order valence-electron chi connectivity index (χ1n) is 6.53. The van der Waals surface area contributed by atoms with Gasteiger partial charge in [-0.3, -0.25) is 0 Å². The molecule has 0 fully saturated rings. The summed E-state index contributed by atoms with van der Waals surface area (Å²) in [6.07, 6.45) is 0.893. The second-order valence-corrected chi connectivity index (χ2v) is 5.61. The van der Waals surface area contributed by atoms with Crippen LogP contribution in [0.3, 0.4) is 0 Å².